The fraction of sp³-hybridized carbons (Fsp3) is 0.214. The molecule has 3 rings (SSSR count). The molecule has 1 aromatic rings. The van der Waals surface area contributed by atoms with Gasteiger partial charge < -0.3 is 10.6 Å². The number of carbonyl (C=O) groups is 1. The molecule has 2 aliphatic rings. The smallest absolute Gasteiger partial charge is 0.255 e. The molecular formula is C14H14N2OS. The maximum atomic E-state index is 12.1. The van der Waals surface area contributed by atoms with E-state index in [1.807, 2.05) is 54.2 Å². The Bertz CT molecular complexity index is 510. The molecule has 92 valence electrons. The lowest BCUT2D eigenvalue weighted by atomic mass is 10.0. The number of para-hydroxylation sites is 1. The van der Waals surface area contributed by atoms with E-state index in [1.54, 1.807) is 0 Å². The fourth-order valence-electron chi connectivity index (χ4n) is 2.11. The van der Waals surface area contributed by atoms with Crippen LogP contribution in [0, 0.1) is 0 Å². The Hall–Kier alpha value is -1.52. The lowest BCUT2D eigenvalue weighted by Crippen LogP contribution is -2.29. The molecule has 1 saturated heterocycles. The highest BCUT2D eigenvalue weighted by molar-refractivity contribution is 8.00. The van der Waals surface area contributed by atoms with Gasteiger partial charge in [0.15, 0.2) is 0 Å². The van der Waals surface area contributed by atoms with E-state index in [-0.39, 0.29) is 5.91 Å². The van der Waals surface area contributed by atoms with Crippen LogP contribution in [0.2, 0.25) is 0 Å². The number of anilines is 1. The van der Waals surface area contributed by atoms with Gasteiger partial charge in [-0.2, -0.15) is 0 Å². The maximum absolute atomic E-state index is 12.1. The first-order valence-corrected chi connectivity index (χ1v) is 6.99. The first-order valence-electron chi connectivity index (χ1n) is 5.94. The third-order valence-electron chi connectivity index (χ3n) is 3.07. The molecule has 18 heavy (non-hydrogen) atoms. The molecule has 0 bridgehead atoms. The SMILES string of the molecule is O=C(Nc1ccccc1)C1=CC2SCNC2C=C1. The van der Waals surface area contributed by atoms with Crippen molar-refractivity contribution in [3.05, 3.63) is 54.1 Å². The minimum absolute atomic E-state index is 0.0385. The third-order valence-corrected chi connectivity index (χ3v) is 4.22. The van der Waals surface area contributed by atoms with E-state index in [1.165, 1.54) is 0 Å². The Balaban J connectivity index is 1.72. The Morgan fingerprint density at radius 1 is 1.33 bits per heavy atom. The van der Waals surface area contributed by atoms with Gasteiger partial charge in [-0.1, -0.05) is 36.4 Å². The van der Waals surface area contributed by atoms with E-state index >= 15 is 0 Å². The Kier molecular flexibility index (Phi) is 3.21. The second-order valence-corrected chi connectivity index (χ2v) is 5.47. The highest BCUT2D eigenvalue weighted by atomic mass is 32.2. The molecule has 1 heterocycles. The van der Waals surface area contributed by atoms with E-state index in [9.17, 15) is 4.79 Å². The maximum Gasteiger partial charge on any atom is 0.255 e. The molecule has 1 fully saturated rings. The van der Waals surface area contributed by atoms with Gasteiger partial charge in [0, 0.05) is 28.4 Å². The molecule has 1 aromatic carbocycles. The van der Waals surface area contributed by atoms with Crippen LogP contribution in [0.1, 0.15) is 0 Å². The van der Waals surface area contributed by atoms with Crippen LogP contribution in [0.5, 0.6) is 0 Å². The van der Waals surface area contributed by atoms with Crippen molar-refractivity contribution in [3.8, 4) is 0 Å². The van der Waals surface area contributed by atoms with Gasteiger partial charge in [0.1, 0.15) is 0 Å². The Labute approximate surface area is 110 Å². The normalized spacial score (nSPS) is 25.4. The predicted molar refractivity (Wildman–Crippen MR) is 75.5 cm³/mol. The van der Waals surface area contributed by atoms with E-state index < -0.39 is 0 Å². The predicted octanol–water partition coefficient (Wildman–Crippen LogP) is 2.15. The van der Waals surface area contributed by atoms with Crippen LogP contribution in [0.4, 0.5) is 5.69 Å². The van der Waals surface area contributed by atoms with Crippen LogP contribution < -0.4 is 10.6 Å². The summed E-state index contributed by atoms with van der Waals surface area (Å²) in [5.41, 5.74) is 1.58. The van der Waals surface area contributed by atoms with Crippen LogP contribution in [-0.2, 0) is 4.79 Å². The average molecular weight is 258 g/mol. The first-order chi connectivity index (χ1) is 8.83. The van der Waals surface area contributed by atoms with Gasteiger partial charge in [-0.05, 0) is 12.1 Å². The molecule has 1 aliphatic carbocycles. The second kappa shape index (κ2) is 5.00. The van der Waals surface area contributed by atoms with E-state index in [0.29, 0.717) is 11.3 Å². The van der Waals surface area contributed by atoms with Crippen LogP contribution in [0.15, 0.2) is 54.1 Å². The summed E-state index contributed by atoms with van der Waals surface area (Å²) in [6.07, 6.45) is 6.02. The van der Waals surface area contributed by atoms with Crippen molar-refractivity contribution >= 4 is 23.4 Å². The van der Waals surface area contributed by atoms with Crippen molar-refractivity contribution in [1.82, 2.24) is 5.32 Å². The van der Waals surface area contributed by atoms with Gasteiger partial charge in [-0.3, -0.25) is 4.79 Å². The summed E-state index contributed by atoms with van der Waals surface area (Å²) >= 11 is 1.84. The van der Waals surface area contributed by atoms with Gasteiger partial charge >= 0.3 is 0 Å². The van der Waals surface area contributed by atoms with Gasteiger partial charge in [-0.15, -0.1) is 11.8 Å². The highest BCUT2D eigenvalue weighted by Gasteiger charge is 2.27. The number of hydrogen-bond acceptors (Lipinski definition) is 3. The third kappa shape index (κ3) is 2.35. The summed E-state index contributed by atoms with van der Waals surface area (Å²) in [6.45, 7) is 0. The monoisotopic (exact) mass is 258 g/mol. The van der Waals surface area contributed by atoms with Crippen LogP contribution in [-0.4, -0.2) is 23.1 Å². The number of nitrogens with one attached hydrogen (secondary N) is 2. The van der Waals surface area contributed by atoms with Crippen molar-refractivity contribution in [3.63, 3.8) is 0 Å². The lowest BCUT2D eigenvalue weighted by molar-refractivity contribution is -0.112. The van der Waals surface area contributed by atoms with Crippen molar-refractivity contribution in [1.29, 1.82) is 0 Å². The largest absolute Gasteiger partial charge is 0.322 e. The quantitative estimate of drug-likeness (QED) is 0.854. The molecular weight excluding hydrogens is 244 g/mol. The zero-order valence-electron chi connectivity index (χ0n) is 9.80. The molecule has 0 radical (unpaired) electrons. The first kappa shape index (κ1) is 11.6. The van der Waals surface area contributed by atoms with Crippen molar-refractivity contribution in [2.45, 2.75) is 11.3 Å². The van der Waals surface area contributed by atoms with Gasteiger partial charge in [0.05, 0.1) is 0 Å². The standard InChI is InChI=1S/C14H14N2OS/c17-14(16-11-4-2-1-3-5-11)10-6-7-12-13(8-10)18-9-15-12/h1-8,12-13,15H,9H2,(H,16,17). The van der Waals surface area contributed by atoms with Gasteiger partial charge in [0.2, 0.25) is 0 Å². The van der Waals surface area contributed by atoms with E-state index in [0.717, 1.165) is 17.1 Å². The number of benzene rings is 1. The minimum atomic E-state index is -0.0385. The highest BCUT2D eigenvalue weighted by Crippen LogP contribution is 2.28. The van der Waals surface area contributed by atoms with Crippen LogP contribution >= 0.6 is 11.8 Å². The summed E-state index contributed by atoms with van der Waals surface area (Å²) in [5.74, 6) is 0.910. The number of rotatable bonds is 2. The fourth-order valence-corrected chi connectivity index (χ4v) is 3.22. The van der Waals surface area contributed by atoms with Crippen molar-refractivity contribution in [2.24, 2.45) is 0 Å². The molecule has 4 heteroatoms. The number of fused-ring (bicyclic) bond motifs is 1. The summed E-state index contributed by atoms with van der Waals surface area (Å²) in [5, 5.41) is 6.65. The second-order valence-electron chi connectivity index (χ2n) is 4.31. The Morgan fingerprint density at radius 2 is 2.17 bits per heavy atom. The minimum Gasteiger partial charge on any atom is -0.322 e. The molecule has 0 saturated carbocycles. The molecule has 3 nitrogen and oxygen atoms in total. The Morgan fingerprint density at radius 3 is 3.00 bits per heavy atom. The van der Waals surface area contributed by atoms with Crippen molar-refractivity contribution in [2.75, 3.05) is 11.2 Å². The summed E-state index contributed by atoms with van der Waals surface area (Å²) in [6, 6.07) is 9.91. The van der Waals surface area contributed by atoms with Crippen LogP contribution in [0.25, 0.3) is 0 Å². The molecule has 0 spiro atoms. The molecule has 1 amide bonds. The number of carbonyl (C=O) groups excluding carboxylic acids is 1. The van der Waals surface area contributed by atoms with Gasteiger partial charge in [0.25, 0.3) is 5.91 Å². The molecule has 1 aliphatic heterocycles. The summed E-state index contributed by atoms with van der Waals surface area (Å²) in [7, 11) is 0. The topological polar surface area (TPSA) is 41.1 Å². The van der Waals surface area contributed by atoms with E-state index in [2.05, 4.69) is 16.7 Å². The zero-order valence-corrected chi connectivity index (χ0v) is 10.6. The average Bonchev–Trinajstić information content (AvgIpc) is 2.87. The van der Waals surface area contributed by atoms with E-state index in [4.69, 9.17) is 0 Å². The van der Waals surface area contributed by atoms with Crippen molar-refractivity contribution < 1.29 is 4.79 Å². The summed E-state index contributed by atoms with van der Waals surface area (Å²) < 4.78 is 0. The van der Waals surface area contributed by atoms with Crippen LogP contribution in [0.3, 0.4) is 0 Å². The molecule has 2 atom stereocenters. The molecule has 2 unspecified atom stereocenters. The molecule has 2 N–H and O–H groups in total. The summed E-state index contributed by atoms with van der Waals surface area (Å²) in [4.78, 5) is 12.1. The van der Waals surface area contributed by atoms with Gasteiger partial charge in [-0.25, -0.2) is 0 Å². The zero-order chi connectivity index (χ0) is 12.4. The molecule has 0 aromatic heterocycles. The number of thioether (sulfide) groups is 1. The number of hydrogen-bond donors (Lipinski definition) is 2. The lowest BCUT2D eigenvalue weighted by Gasteiger charge is -2.17. The number of amides is 1.